The summed E-state index contributed by atoms with van der Waals surface area (Å²) in [6.07, 6.45) is 5.19. The molecule has 1 aliphatic carbocycles. The van der Waals surface area contributed by atoms with Gasteiger partial charge in [-0.05, 0) is 36.8 Å². The van der Waals surface area contributed by atoms with Crippen LogP contribution in [-0.4, -0.2) is 41.4 Å². The van der Waals surface area contributed by atoms with Crippen LogP contribution in [0.15, 0.2) is 24.3 Å². The third-order valence-corrected chi connectivity index (χ3v) is 6.09. The van der Waals surface area contributed by atoms with Crippen LogP contribution in [0.2, 0.25) is 0 Å². The minimum Gasteiger partial charge on any atom is -0.323 e. The van der Waals surface area contributed by atoms with Crippen molar-refractivity contribution in [2.45, 2.75) is 56.9 Å². The molecule has 1 spiro atoms. The standard InChI is InChI=1S/C20H25N3O3/c1-14-9-12-22(16-8-4-3-7-15(14)16)17(24)13-23-18(25)20(21-19(23)26)10-5-2-6-11-20/h3-4,7-8,14H,2,5-6,9-13H2,1H3,(H,21,26). The van der Waals surface area contributed by atoms with E-state index in [0.717, 1.165) is 41.8 Å². The van der Waals surface area contributed by atoms with E-state index in [1.807, 2.05) is 24.3 Å². The van der Waals surface area contributed by atoms with Gasteiger partial charge in [-0.15, -0.1) is 0 Å². The minimum atomic E-state index is -0.774. The number of rotatable bonds is 2. The molecule has 138 valence electrons. The third-order valence-electron chi connectivity index (χ3n) is 6.09. The number of para-hydroxylation sites is 1. The van der Waals surface area contributed by atoms with E-state index >= 15 is 0 Å². The molecule has 1 aromatic carbocycles. The summed E-state index contributed by atoms with van der Waals surface area (Å²) >= 11 is 0. The first-order valence-electron chi connectivity index (χ1n) is 9.55. The lowest BCUT2D eigenvalue weighted by Crippen LogP contribution is -2.49. The molecule has 1 atom stereocenters. The molecule has 6 heteroatoms. The van der Waals surface area contributed by atoms with Crippen molar-refractivity contribution in [2.75, 3.05) is 18.0 Å². The van der Waals surface area contributed by atoms with Crippen molar-refractivity contribution in [3.05, 3.63) is 29.8 Å². The van der Waals surface area contributed by atoms with Crippen LogP contribution < -0.4 is 10.2 Å². The Morgan fingerprint density at radius 3 is 2.69 bits per heavy atom. The van der Waals surface area contributed by atoms with Crippen LogP contribution >= 0.6 is 0 Å². The Morgan fingerprint density at radius 2 is 1.92 bits per heavy atom. The maximum absolute atomic E-state index is 12.9. The van der Waals surface area contributed by atoms with Crippen LogP contribution in [0.5, 0.6) is 0 Å². The molecule has 2 aliphatic heterocycles. The summed E-state index contributed by atoms with van der Waals surface area (Å²) in [6.45, 7) is 2.59. The van der Waals surface area contributed by atoms with Crippen LogP contribution in [0.25, 0.3) is 0 Å². The van der Waals surface area contributed by atoms with Gasteiger partial charge in [-0.3, -0.25) is 14.5 Å². The summed E-state index contributed by atoms with van der Waals surface area (Å²) in [5, 5.41) is 2.87. The molecule has 1 N–H and O–H groups in total. The van der Waals surface area contributed by atoms with Crippen LogP contribution in [-0.2, 0) is 9.59 Å². The van der Waals surface area contributed by atoms with E-state index < -0.39 is 11.6 Å². The van der Waals surface area contributed by atoms with Gasteiger partial charge in [-0.25, -0.2) is 4.79 Å². The molecular formula is C20H25N3O3. The number of urea groups is 1. The SMILES string of the molecule is CC1CCN(C(=O)CN2C(=O)NC3(CCCCC3)C2=O)c2ccccc21. The normalized spacial score (nSPS) is 24.6. The lowest BCUT2D eigenvalue weighted by Gasteiger charge is -2.34. The number of amides is 4. The molecule has 3 aliphatic rings. The number of carbonyl (C=O) groups excluding carboxylic acids is 3. The zero-order valence-corrected chi connectivity index (χ0v) is 15.2. The third kappa shape index (κ3) is 2.68. The summed E-state index contributed by atoms with van der Waals surface area (Å²) < 4.78 is 0. The van der Waals surface area contributed by atoms with Crippen molar-refractivity contribution in [1.29, 1.82) is 0 Å². The maximum Gasteiger partial charge on any atom is 0.325 e. The van der Waals surface area contributed by atoms with Crippen LogP contribution in [0.1, 0.15) is 56.9 Å². The van der Waals surface area contributed by atoms with E-state index in [2.05, 4.69) is 12.2 Å². The van der Waals surface area contributed by atoms with Gasteiger partial charge in [0.2, 0.25) is 5.91 Å². The molecule has 4 amide bonds. The molecular weight excluding hydrogens is 330 g/mol. The fourth-order valence-electron chi connectivity index (χ4n) is 4.54. The quantitative estimate of drug-likeness (QED) is 0.830. The van der Waals surface area contributed by atoms with E-state index in [1.54, 1.807) is 4.90 Å². The van der Waals surface area contributed by atoms with Crippen molar-refractivity contribution >= 4 is 23.5 Å². The number of nitrogens with zero attached hydrogens (tertiary/aromatic N) is 2. The molecule has 1 aromatic rings. The Bertz CT molecular complexity index is 754. The van der Waals surface area contributed by atoms with E-state index in [0.29, 0.717) is 25.3 Å². The van der Waals surface area contributed by atoms with Crippen molar-refractivity contribution in [2.24, 2.45) is 0 Å². The van der Waals surface area contributed by atoms with Crippen molar-refractivity contribution in [1.82, 2.24) is 10.2 Å². The summed E-state index contributed by atoms with van der Waals surface area (Å²) in [4.78, 5) is 41.1. The zero-order valence-electron chi connectivity index (χ0n) is 15.2. The molecule has 6 nitrogen and oxygen atoms in total. The average molecular weight is 355 g/mol. The fourth-order valence-corrected chi connectivity index (χ4v) is 4.54. The second-order valence-electron chi connectivity index (χ2n) is 7.76. The topological polar surface area (TPSA) is 69.7 Å². The Morgan fingerprint density at radius 1 is 1.19 bits per heavy atom. The van der Waals surface area contributed by atoms with Crippen LogP contribution in [0, 0.1) is 0 Å². The molecule has 2 fully saturated rings. The first-order valence-corrected chi connectivity index (χ1v) is 9.55. The fraction of sp³-hybridized carbons (Fsp3) is 0.550. The summed E-state index contributed by atoms with van der Waals surface area (Å²) in [5.41, 5.74) is 1.27. The van der Waals surface area contributed by atoms with Gasteiger partial charge in [0.05, 0.1) is 0 Å². The number of carbonyl (C=O) groups is 3. The maximum atomic E-state index is 12.9. The Hall–Kier alpha value is -2.37. The van der Waals surface area contributed by atoms with E-state index in [1.165, 1.54) is 0 Å². The van der Waals surface area contributed by atoms with Gasteiger partial charge in [0, 0.05) is 12.2 Å². The summed E-state index contributed by atoms with van der Waals surface area (Å²) in [5.74, 6) is -0.0209. The molecule has 0 bridgehead atoms. The number of hydrogen-bond donors (Lipinski definition) is 1. The highest BCUT2D eigenvalue weighted by atomic mass is 16.2. The smallest absolute Gasteiger partial charge is 0.323 e. The molecule has 0 radical (unpaired) electrons. The van der Waals surface area contributed by atoms with E-state index in [4.69, 9.17) is 0 Å². The van der Waals surface area contributed by atoms with Gasteiger partial charge in [0.15, 0.2) is 0 Å². The molecule has 2 heterocycles. The highest BCUT2D eigenvalue weighted by Gasteiger charge is 2.51. The number of nitrogens with one attached hydrogen (secondary N) is 1. The highest BCUT2D eigenvalue weighted by molar-refractivity contribution is 6.10. The Kier molecular flexibility index (Phi) is 4.21. The van der Waals surface area contributed by atoms with Crippen LogP contribution in [0.4, 0.5) is 10.5 Å². The van der Waals surface area contributed by atoms with E-state index in [-0.39, 0.29) is 18.4 Å². The number of benzene rings is 1. The number of imide groups is 1. The van der Waals surface area contributed by atoms with Gasteiger partial charge < -0.3 is 10.2 Å². The van der Waals surface area contributed by atoms with Gasteiger partial charge >= 0.3 is 6.03 Å². The average Bonchev–Trinajstić information content (AvgIpc) is 2.87. The molecule has 1 unspecified atom stereocenters. The Balaban J connectivity index is 1.53. The molecule has 0 aromatic heterocycles. The van der Waals surface area contributed by atoms with Gasteiger partial charge in [-0.1, -0.05) is 44.4 Å². The molecule has 1 saturated heterocycles. The van der Waals surface area contributed by atoms with Crippen molar-refractivity contribution < 1.29 is 14.4 Å². The monoisotopic (exact) mass is 355 g/mol. The lowest BCUT2D eigenvalue weighted by molar-refractivity contribution is -0.135. The van der Waals surface area contributed by atoms with Gasteiger partial charge in [0.1, 0.15) is 12.1 Å². The first-order chi connectivity index (χ1) is 12.5. The predicted molar refractivity (Wildman–Crippen MR) is 97.9 cm³/mol. The first kappa shape index (κ1) is 17.1. The highest BCUT2D eigenvalue weighted by Crippen LogP contribution is 2.36. The zero-order chi connectivity index (χ0) is 18.3. The van der Waals surface area contributed by atoms with Crippen molar-refractivity contribution in [3.63, 3.8) is 0 Å². The van der Waals surface area contributed by atoms with Gasteiger partial charge in [-0.2, -0.15) is 0 Å². The largest absolute Gasteiger partial charge is 0.325 e. The predicted octanol–water partition coefficient (Wildman–Crippen LogP) is 2.78. The lowest BCUT2D eigenvalue weighted by atomic mass is 9.82. The molecule has 1 saturated carbocycles. The number of hydrogen-bond acceptors (Lipinski definition) is 3. The number of fused-ring (bicyclic) bond motifs is 1. The summed E-state index contributed by atoms with van der Waals surface area (Å²) in [7, 11) is 0. The van der Waals surface area contributed by atoms with Gasteiger partial charge in [0.25, 0.3) is 5.91 Å². The minimum absolute atomic E-state index is 0.185. The Labute approximate surface area is 153 Å². The molecule has 4 rings (SSSR count). The number of anilines is 1. The summed E-state index contributed by atoms with van der Waals surface area (Å²) in [6, 6.07) is 7.46. The van der Waals surface area contributed by atoms with Crippen LogP contribution in [0.3, 0.4) is 0 Å². The second-order valence-corrected chi connectivity index (χ2v) is 7.76. The van der Waals surface area contributed by atoms with E-state index in [9.17, 15) is 14.4 Å². The molecule has 26 heavy (non-hydrogen) atoms. The van der Waals surface area contributed by atoms with Crippen molar-refractivity contribution in [3.8, 4) is 0 Å². The second kappa shape index (κ2) is 6.41.